The summed E-state index contributed by atoms with van der Waals surface area (Å²) in [5.41, 5.74) is 3.52. The van der Waals surface area contributed by atoms with Gasteiger partial charge < -0.3 is 19.2 Å². The molecule has 7 nitrogen and oxygen atoms in total. The number of aromatic nitrogens is 1. The van der Waals surface area contributed by atoms with Crippen LogP contribution in [-0.4, -0.2) is 53.5 Å². The van der Waals surface area contributed by atoms with Crippen LogP contribution in [0.4, 0.5) is 5.82 Å². The van der Waals surface area contributed by atoms with Crippen molar-refractivity contribution < 1.29 is 9.21 Å². The topological polar surface area (TPSA) is 77.4 Å². The number of piperazine rings is 1. The number of benzene rings is 1. The second-order valence-corrected chi connectivity index (χ2v) is 8.42. The standard InChI is InChI=1S/C25H29N5O2/c1-18-19(2)30(15-21-10-7-13-32-21)25(22(18)14-26)27-24(31)17-29-12-11-28(3)16-23(29)20-8-5-4-6-9-20/h4-10,13,23H,11-12,15-17H2,1-3H3,(H,27,31). The van der Waals surface area contributed by atoms with E-state index in [9.17, 15) is 10.1 Å². The molecule has 0 spiro atoms. The summed E-state index contributed by atoms with van der Waals surface area (Å²) in [6, 6.07) is 16.5. The highest BCUT2D eigenvalue weighted by atomic mass is 16.3. The van der Waals surface area contributed by atoms with Gasteiger partial charge in [0.1, 0.15) is 17.6 Å². The lowest BCUT2D eigenvalue weighted by Crippen LogP contribution is -2.49. The number of nitriles is 1. The van der Waals surface area contributed by atoms with Gasteiger partial charge in [-0.05, 0) is 44.2 Å². The van der Waals surface area contributed by atoms with Crippen LogP contribution in [-0.2, 0) is 11.3 Å². The van der Waals surface area contributed by atoms with Gasteiger partial charge in [-0.15, -0.1) is 0 Å². The van der Waals surface area contributed by atoms with Crippen molar-refractivity contribution in [2.24, 2.45) is 0 Å². The first-order valence-electron chi connectivity index (χ1n) is 10.9. The van der Waals surface area contributed by atoms with E-state index >= 15 is 0 Å². The Bertz CT molecular complexity index is 1110. The molecular weight excluding hydrogens is 402 g/mol. The summed E-state index contributed by atoms with van der Waals surface area (Å²) in [4.78, 5) is 17.7. The molecule has 0 bridgehead atoms. The summed E-state index contributed by atoms with van der Waals surface area (Å²) >= 11 is 0. The molecule has 1 N–H and O–H groups in total. The molecule has 1 amide bonds. The third kappa shape index (κ3) is 4.47. The predicted molar refractivity (Wildman–Crippen MR) is 123 cm³/mol. The Kier molecular flexibility index (Phi) is 6.45. The van der Waals surface area contributed by atoms with E-state index in [1.165, 1.54) is 5.56 Å². The maximum absolute atomic E-state index is 13.2. The Morgan fingerprint density at radius 1 is 1.19 bits per heavy atom. The summed E-state index contributed by atoms with van der Waals surface area (Å²) in [6.07, 6.45) is 1.63. The second-order valence-electron chi connectivity index (χ2n) is 8.42. The smallest absolute Gasteiger partial charge is 0.239 e. The summed E-state index contributed by atoms with van der Waals surface area (Å²) in [7, 11) is 2.11. The zero-order chi connectivity index (χ0) is 22.7. The number of furan rings is 1. The molecule has 4 rings (SSSR count). The van der Waals surface area contributed by atoms with Gasteiger partial charge in [-0.2, -0.15) is 5.26 Å². The number of rotatable bonds is 6. The number of amides is 1. The molecule has 2 aromatic heterocycles. The van der Waals surface area contributed by atoms with Gasteiger partial charge in [0.05, 0.1) is 24.9 Å². The third-order valence-electron chi connectivity index (χ3n) is 6.32. The molecule has 1 aliphatic heterocycles. The van der Waals surface area contributed by atoms with Crippen molar-refractivity contribution in [3.05, 3.63) is 76.9 Å². The summed E-state index contributed by atoms with van der Waals surface area (Å²) in [5, 5.41) is 12.8. The van der Waals surface area contributed by atoms with Crippen LogP contribution in [0.5, 0.6) is 0 Å². The fourth-order valence-corrected chi connectivity index (χ4v) is 4.38. The van der Waals surface area contributed by atoms with Crippen LogP contribution in [0.15, 0.2) is 53.1 Å². The Hall–Kier alpha value is -3.34. The van der Waals surface area contributed by atoms with E-state index in [0.29, 0.717) is 17.9 Å². The average Bonchev–Trinajstić information content (AvgIpc) is 3.38. The van der Waals surface area contributed by atoms with Crippen molar-refractivity contribution in [1.29, 1.82) is 5.26 Å². The highest BCUT2D eigenvalue weighted by Crippen LogP contribution is 2.28. The molecule has 166 valence electrons. The van der Waals surface area contributed by atoms with Crippen molar-refractivity contribution in [3.8, 4) is 6.07 Å². The van der Waals surface area contributed by atoms with Crippen LogP contribution in [0.25, 0.3) is 0 Å². The molecule has 0 aliphatic carbocycles. The second kappa shape index (κ2) is 9.43. The number of carbonyl (C=O) groups is 1. The van der Waals surface area contributed by atoms with E-state index < -0.39 is 0 Å². The van der Waals surface area contributed by atoms with Crippen LogP contribution in [0.3, 0.4) is 0 Å². The van der Waals surface area contributed by atoms with Crippen molar-refractivity contribution in [1.82, 2.24) is 14.4 Å². The molecule has 0 radical (unpaired) electrons. The molecule has 1 atom stereocenters. The highest BCUT2D eigenvalue weighted by molar-refractivity contribution is 5.93. The Balaban J connectivity index is 1.56. The highest BCUT2D eigenvalue weighted by Gasteiger charge is 2.29. The van der Waals surface area contributed by atoms with Crippen molar-refractivity contribution in [3.63, 3.8) is 0 Å². The largest absolute Gasteiger partial charge is 0.467 e. The van der Waals surface area contributed by atoms with Gasteiger partial charge in [-0.25, -0.2) is 0 Å². The van der Waals surface area contributed by atoms with E-state index in [2.05, 4.69) is 40.4 Å². The number of hydrogen-bond acceptors (Lipinski definition) is 5. The number of nitrogens with one attached hydrogen (secondary N) is 1. The molecule has 7 heteroatoms. The Labute approximate surface area is 188 Å². The molecule has 1 unspecified atom stereocenters. The number of likely N-dealkylation sites (N-methyl/N-ethyl adjacent to an activating group) is 1. The van der Waals surface area contributed by atoms with Crippen molar-refractivity contribution in [2.45, 2.75) is 26.4 Å². The lowest BCUT2D eigenvalue weighted by Gasteiger charge is -2.40. The van der Waals surface area contributed by atoms with E-state index in [1.807, 2.05) is 48.7 Å². The Morgan fingerprint density at radius 3 is 2.66 bits per heavy atom. The van der Waals surface area contributed by atoms with E-state index in [0.717, 1.165) is 36.7 Å². The fourth-order valence-electron chi connectivity index (χ4n) is 4.38. The summed E-state index contributed by atoms with van der Waals surface area (Å²) in [5.74, 6) is 1.19. The van der Waals surface area contributed by atoms with E-state index in [4.69, 9.17) is 4.42 Å². The van der Waals surface area contributed by atoms with Crippen LogP contribution in [0, 0.1) is 25.2 Å². The molecule has 3 aromatic rings. The summed E-state index contributed by atoms with van der Waals surface area (Å²) in [6.45, 7) is 7.18. The molecule has 0 saturated carbocycles. The molecule has 3 heterocycles. The lowest BCUT2D eigenvalue weighted by molar-refractivity contribution is -0.118. The quantitative estimate of drug-likeness (QED) is 0.646. The number of nitrogens with zero attached hydrogens (tertiary/aromatic N) is 4. The zero-order valence-electron chi connectivity index (χ0n) is 18.8. The number of anilines is 1. The number of hydrogen-bond donors (Lipinski definition) is 1. The van der Waals surface area contributed by atoms with E-state index in [-0.39, 0.29) is 18.5 Å². The maximum Gasteiger partial charge on any atom is 0.239 e. The van der Waals surface area contributed by atoms with Crippen LogP contribution >= 0.6 is 0 Å². The first-order chi connectivity index (χ1) is 15.5. The SMILES string of the molecule is Cc1c(C#N)c(NC(=O)CN2CCN(C)CC2c2ccccc2)n(Cc2ccco2)c1C. The van der Waals surface area contributed by atoms with Crippen LogP contribution in [0.1, 0.15) is 34.2 Å². The van der Waals surface area contributed by atoms with Gasteiger partial charge in [0.15, 0.2) is 0 Å². The Morgan fingerprint density at radius 2 is 1.97 bits per heavy atom. The average molecular weight is 432 g/mol. The van der Waals surface area contributed by atoms with Crippen molar-refractivity contribution >= 4 is 11.7 Å². The first kappa shape index (κ1) is 21.9. The lowest BCUT2D eigenvalue weighted by atomic mass is 10.0. The van der Waals surface area contributed by atoms with Gasteiger partial charge >= 0.3 is 0 Å². The molecule has 1 aliphatic rings. The monoisotopic (exact) mass is 431 g/mol. The van der Waals surface area contributed by atoms with Gasteiger partial charge in [-0.3, -0.25) is 9.69 Å². The van der Waals surface area contributed by atoms with Crippen LogP contribution < -0.4 is 5.32 Å². The van der Waals surface area contributed by atoms with Gasteiger partial charge in [0, 0.05) is 31.4 Å². The molecular formula is C25H29N5O2. The zero-order valence-corrected chi connectivity index (χ0v) is 18.8. The summed E-state index contributed by atoms with van der Waals surface area (Å²) < 4.78 is 7.45. The fraction of sp³-hybridized carbons (Fsp3) is 0.360. The van der Waals surface area contributed by atoms with Crippen LogP contribution in [0.2, 0.25) is 0 Å². The van der Waals surface area contributed by atoms with E-state index in [1.54, 1.807) is 6.26 Å². The first-order valence-corrected chi connectivity index (χ1v) is 10.9. The number of carbonyl (C=O) groups excluding carboxylic acids is 1. The van der Waals surface area contributed by atoms with Gasteiger partial charge in [-0.1, -0.05) is 30.3 Å². The predicted octanol–water partition coefficient (Wildman–Crippen LogP) is 3.55. The molecule has 1 fully saturated rings. The minimum absolute atomic E-state index is 0.120. The van der Waals surface area contributed by atoms with Gasteiger partial charge in [0.25, 0.3) is 0 Å². The maximum atomic E-state index is 13.2. The van der Waals surface area contributed by atoms with Crippen molar-refractivity contribution in [2.75, 3.05) is 38.5 Å². The normalized spacial score (nSPS) is 17.2. The minimum Gasteiger partial charge on any atom is -0.467 e. The molecule has 1 aromatic carbocycles. The molecule has 1 saturated heterocycles. The molecule has 32 heavy (non-hydrogen) atoms. The minimum atomic E-state index is -0.120. The van der Waals surface area contributed by atoms with Gasteiger partial charge in [0.2, 0.25) is 5.91 Å². The third-order valence-corrected chi connectivity index (χ3v) is 6.32.